The van der Waals surface area contributed by atoms with Crippen LogP contribution >= 0.6 is 12.2 Å². The van der Waals surface area contributed by atoms with Crippen molar-refractivity contribution in [2.75, 3.05) is 6.61 Å². The van der Waals surface area contributed by atoms with Crippen molar-refractivity contribution in [3.8, 4) is 0 Å². The number of hydrogen-bond donors (Lipinski definition) is 2. The molecule has 0 bridgehead atoms. The minimum absolute atomic E-state index is 0.0718. The van der Waals surface area contributed by atoms with Gasteiger partial charge in [0.05, 0.1) is 0 Å². The van der Waals surface area contributed by atoms with Crippen molar-refractivity contribution in [2.45, 2.75) is 19.1 Å². The van der Waals surface area contributed by atoms with Crippen LogP contribution in [0.4, 0.5) is 0 Å². The average molecular weight is 146 g/mol. The van der Waals surface area contributed by atoms with E-state index in [0.717, 1.165) is 19.4 Å². The molecule has 1 unspecified atom stereocenters. The Morgan fingerprint density at radius 2 is 2.56 bits per heavy atom. The van der Waals surface area contributed by atoms with Gasteiger partial charge in [-0.25, -0.2) is 0 Å². The van der Waals surface area contributed by atoms with Gasteiger partial charge in [0, 0.05) is 6.61 Å². The van der Waals surface area contributed by atoms with Gasteiger partial charge in [0.15, 0.2) is 5.11 Å². The van der Waals surface area contributed by atoms with Gasteiger partial charge in [0.2, 0.25) is 0 Å². The summed E-state index contributed by atoms with van der Waals surface area (Å²) in [6.07, 6.45) is 2.18. The van der Waals surface area contributed by atoms with Crippen molar-refractivity contribution >= 4 is 17.3 Å². The fourth-order valence-corrected chi connectivity index (χ4v) is 0.982. The maximum atomic E-state index is 5.21. The zero-order valence-electron chi connectivity index (χ0n) is 5.09. The summed E-state index contributed by atoms with van der Waals surface area (Å²) >= 11 is 4.62. The third-order valence-corrected chi connectivity index (χ3v) is 1.35. The van der Waals surface area contributed by atoms with Crippen LogP contribution in [0.5, 0.6) is 0 Å². The number of rotatable bonds is 1. The summed E-state index contributed by atoms with van der Waals surface area (Å²) in [4.78, 5) is 0. The lowest BCUT2D eigenvalue weighted by molar-refractivity contribution is 0.100. The van der Waals surface area contributed by atoms with Crippen LogP contribution in [0.2, 0.25) is 0 Å². The first-order valence-corrected chi connectivity index (χ1v) is 3.37. The van der Waals surface area contributed by atoms with Crippen molar-refractivity contribution < 1.29 is 4.74 Å². The van der Waals surface area contributed by atoms with Crippen LogP contribution in [-0.2, 0) is 4.74 Å². The third-order valence-electron chi connectivity index (χ3n) is 1.23. The number of nitrogens with one attached hydrogen (secondary N) is 1. The molecule has 4 heteroatoms. The van der Waals surface area contributed by atoms with E-state index in [-0.39, 0.29) is 6.23 Å². The molecule has 1 fully saturated rings. The second-order valence-corrected chi connectivity index (χ2v) is 2.45. The van der Waals surface area contributed by atoms with Gasteiger partial charge in [0.25, 0.3) is 0 Å². The van der Waals surface area contributed by atoms with E-state index in [1.54, 1.807) is 0 Å². The van der Waals surface area contributed by atoms with Crippen LogP contribution < -0.4 is 11.1 Å². The Hall–Kier alpha value is -0.350. The summed E-state index contributed by atoms with van der Waals surface area (Å²) in [6, 6.07) is 0. The van der Waals surface area contributed by atoms with Gasteiger partial charge in [-0.2, -0.15) is 0 Å². The highest BCUT2D eigenvalue weighted by molar-refractivity contribution is 7.80. The summed E-state index contributed by atoms with van der Waals surface area (Å²) in [5.74, 6) is 0. The minimum Gasteiger partial charge on any atom is -0.376 e. The van der Waals surface area contributed by atoms with E-state index in [2.05, 4.69) is 17.5 Å². The highest BCUT2D eigenvalue weighted by atomic mass is 32.1. The number of ether oxygens (including phenoxy) is 1. The normalized spacial score (nSPS) is 26.0. The van der Waals surface area contributed by atoms with Crippen LogP contribution in [0, 0.1) is 0 Å². The maximum absolute atomic E-state index is 5.21. The molecule has 0 aromatic rings. The smallest absolute Gasteiger partial charge is 0.165 e. The van der Waals surface area contributed by atoms with E-state index in [9.17, 15) is 0 Å². The molecule has 0 aromatic carbocycles. The molecule has 52 valence electrons. The van der Waals surface area contributed by atoms with Crippen molar-refractivity contribution in [3.05, 3.63) is 0 Å². The van der Waals surface area contributed by atoms with Crippen molar-refractivity contribution in [1.82, 2.24) is 5.32 Å². The van der Waals surface area contributed by atoms with E-state index in [0.29, 0.717) is 5.11 Å². The van der Waals surface area contributed by atoms with Crippen LogP contribution in [0.15, 0.2) is 0 Å². The van der Waals surface area contributed by atoms with Crippen LogP contribution in [0.3, 0.4) is 0 Å². The van der Waals surface area contributed by atoms with Gasteiger partial charge in [-0.3, -0.25) is 0 Å². The Kier molecular flexibility index (Phi) is 2.24. The van der Waals surface area contributed by atoms with Gasteiger partial charge < -0.3 is 15.8 Å². The first-order valence-electron chi connectivity index (χ1n) is 2.96. The summed E-state index contributed by atoms with van der Waals surface area (Å²) < 4.78 is 5.19. The van der Waals surface area contributed by atoms with E-state index in [1.807, 2.05) is 0 Å². The molecule has 9 heavy (non-hydrogen) atoms. The predicted octanol–water partition coefficient (Wildman–Crippen LogP) is -0.0439. The quantitative estimate of drug-likeness (QED) is 0.509. The Balaban J connectivity index is 2.19. The Labute approximate surface area is 59.6 Å². The fourth-order valence-electron chi connectivity index (χ4n) is 0.850. The van der Waals surface area contributed by atoms with E-state index in [4.69, 9.17) is 10.5 Å². The Morgan fingerprint density at radius 1 is 1.78 bits per heavy atom. The minimum atomic E-state index is 0.0718. The molecular formula is C5H10N2OS. The molecule has 0 aliphatic carbocycles. The molecule has 1 saturated heterocycles. The SMILES string of the molecule is NC(=S)NC1CCCO1. The summed E-state index contributed by atoms with van der Waals surface area (Å²) in [5.41, 5.74) is 5.21. The zero-order valence-corrected chi connectivity index (χ0v) is 5.91. The summed E-state index contributed by atoms with van der Waals surface area (Å²) in [5, 5.41) is 3.15. The highest BCUT2D eigenvalue weighted by Gasteiger charge is 2.14. The van der Waals surface area contributed by atoms with Gasteiger partial charge >= 0.3 is 0 Å². The first kappa shape index (κ1) is 6.77. The number of nitrogens with two attached hydrogens (primary N) is 1. The number of hydrogen-bond acceptors (Lipinski definition) is 2. The topological polar surface area (TPSA) is 47.3 Å². The second kappa shape index (κ2) is 2.98. The molecule has 0 saturated carbocycles. The van der Waals surface area contributed by atoms with E-state index < -0.39 is 0 Å². The van der Waals surface area contributed by atoms with Crippen molar-refractivity contribution in [2.24, 2.45) is 5.73 Å². The van der Waals surface area contributed by atoms with E-state index >= 15 is 0 Å². The maximum Gasteiger partial charge on any atom is 0.165 e. The lowest BCUT2D eigenvalue weighted by Gasteiger charge is -2.09. The van der Waals surface area contributed by atoms with Gasteiger partial charge in [0.1, 0.15) is 6.23 Å². The number of thiocarbonyl (C=S) groups is 1. The monoisotopic (exact) mass is 146 g/mol. The molecule has 1 rings (SSSR count). The van der Waals surface area contributed by atoms with Gasteiger partial charge in [-0.1, -0.05) is 0 Å². The second-order valence-electron chi connectivity index (χ2n) is 2.01. The zero-order chi connectivity index (χ0) is 6.69. The Morgan fingerprint density at radius 3 is 3.00 bits per heavy atom. The average Bonchev–Trinajstić information content (AvgIpc) is 2.15. The summed E-state index contributed by atoms with van der Waals surface area (Å²) in [7, 11) is 0. The molecule has 0 spiro atoms. The third kappa shape index (κ3) is 2.15. The van der Waals surface area contributed by atoms with Gasteiger partial charge in [-0.15, -0.1) is 0 Å². The van der Waals surface area contributed by atoms with Crippen LogP contribution in [-0.4, -0.2) is 17.9 Å². The molecule has 0 amide bonds. The van der Waals surface area contributed by atoms with Gasteiger partial charge in [-0.05, 0) is 25.1 Å². The summed E-state index contributed by atoms with van der Waals surface area (Å²) in [6.45, 7) is 0.820. The fraction of sp³-hybridized carbons (Fsp3) is 0.800. The predicted molar refractivity (Wildman–Crippen MR) is 38.9 cm³/mol. The molecule has 0 radical (unpaired) electrons. The van der Waals surface area contributed by atoms with Crippen molar-refractivity contribution in [3.63, 3.8) is 0 Å². The van der Waals surface area contributed by atoms with Crippen LogP contribution in [0.25, 0.3) is 0 Å². The highest BCUT2D eigenvalue weighted by Crippen LogP contribution is 2.07. The lowest BCUT2D eigenvalue weighted by atomic mass is 10.3. The molecule has 1 aliphatic heterocycles. The largest absolute Gasteiger partial charge is 0.376 e. The molecule has 3 nitrogen and oxygen atoms in total. The van der Waals surface area contributed by atoms with Crippen molar-refractivity contribution in [1.29, 1.82) is 0 Å². The molecule has 1 aliphatic rings. The first-order chi connectivity index (χ1) is 4.29. The molecule has 1 atom stereocenters. The lowest BCUT2D eigenvalue weighted by Crippen LogP contribution is -2.37. The molecule has 1 heterocycles. The molecule has 0 aromatic heterocycles. The molecule has 3 N–H and O–H groups in total. The Bertz CT molecular complexity index is 112. The van der Waals surface area contributed by atoms with E-state index in [1.165, 1.54) is 0 Å². The standard InChI is InChI=1S/C5H10N2OS/c6-5(9)7-4-2-1-3-8-4/h4H,1-3H2,(H3,6,7,9). The molecular weight excluding hydrogens is 136 g/mol. The van der Waals surface area contributed by atoms with Crippen LogP contribution in [0.1, 0.15) is 12.8 Å².